The number of sulfone groups is 1. The Balaban J connectivity index is 2.51. The summed E-state index contributed by atoms with van der Waals surface area (Å²) in [7, 11) is -11.9. The zero-order valence-electron chi connectivity index (χ0n) is 12.7. The molecule has 0 unspecified atom stereocenters. The molecule has 0 bridgehead atoms. The predicted octanol–water partition coefficient (Wildman–Crippen LogP) is 1.19. The van der Waals surface area contributed by atoms with Crippen molar-refractivity contribution in [3.05, 3.63) is 47.5 Å². The lowest BCUT2D eigenvalue weighted by Gasteiger charge is -2.11. The summed E-state index contributed by atoms with van der Waals surface area (Å²) < 4.78 is 73.0. The Morgan fingerprint density at radius 2 is 1.56 bits per heavy atom. The second-order valence-corrected chi connectivity index (χ2v) is 10.7. The Labute approximate surface area is 150 Å². The molecule has 0 radical (unpaired) electrons. The van der Waals surface area contributed by atoms with Crippen molar-refractivity contribution in [1.82, 2.24) is 0 Å². The number of nitrogens with two attached hydrogens (primary N) is 1. The van der Waals surface area contributed by atoms with Crippen molar-refractivity contribution in [3.8, 4) is 0 Å². The summed E-state index contributed by atoms with van der Waals surface area (Å²) in [6, 6.07) is 8.08. The van der Waals surface area contributed by atoms with Crippen molar-refractivity contribution in [2.45, 2.75) is 14.7 Å². The predicted molar refractivity (Wildman–Crippen MR) is 93.2 cm³/mol. The van der Waals surface area contributed by atoms with E-state index in [0.29, 0.717) is 0 Å². The summed E-state index contributed by atoms with van der Waals surface area (Å²) in [4.78, 5) is -0.975. The van der Waals surface area contributed by atoms with Gasteiger partial charge in [-0.05, 0) is 36.4 Å². The zero-order chi connectivity index (χ0) is 19.0. The molecule has 12 heteroatoms. The van der Waals surface area contributed by atoms with Crippen LogP contribution in [0.5, 0.6) is 0 Å². The van der Waals surface area contributed by atoms with Gasteiger partial charge in [0.2, 0.25) is 10.0 Å². The van der Waals surface area contributed by atoms with E-state index in [1.807, 2.05) is 0 Å². The van der Waals surface area contributed by atoms with E-state index < -0.39 is 34.8 Å². The van der Waals surface area contributed by atoms with Crippen LogP contribution in [0.2, 0.25) is 5.02 Å². The molecule has 0 heterocycles. The maximum Gasteiger partial charge on any atom is 0.263 e. The Morgan fingerprint density at radius 3 is 2.12 bits per heavy atom. The number of halogens is 1. The van der Waals surface area contributed by atoms with E-state index in [-0.39, 0.29) is 20.5 Å². The first-order valence-corrected chi connectivity index (χ1v) is 11.8. The van der Waals surface area contributed by atoms with Gasteiger partial charge >= 0.3 is 0 Å². The molecule has 2 aromatic carbocycles. The molecule has 0 aliphatic carbocycles. The van der Waals surface area contributed by atoms with Crippen molar-refractivity contribution >= 4 is 47.2 Å². The third kappa shape index (κ3) is 4.70. The van der Waals surface area contributed by atoms with E-state index in [2.05, 4.69) is 4.72 Å². The first-order chi connectivity index (χ1) is 11.3. The van der Waals surface area contributed by atoms with E-state index in [0.717, 1.165) is 24.5 Å². The smallest absolute Gasteiger partial charge is 0.263 e. The lowest BCUT2D eigenvalue weighted by molar-refractivity contribution is 0.595. The molecular formula is C13H13ClN2O6S3. The lowest BCUT2D eigenvalue weighted by Crippen LogP contribution is -2.16. The van der Waals surface area contributed by atoms with Crippen molar-refractivity contribution in [1.29, 1.82) is 0 Å². The zero-order valence-corrected chi connectivity index (χ0v) is 15.9. The summed E-state index contributed by atoms with van der Waals surface area (Å²) in [5, 5.41) is 4.81. The molecule has 0 atom stereocenters. The van der Waals surface area contributed by atoms with Crippen LogP contribution in [0.25, 0.3) is 0 Å². The standard InChI is InChI=1S/C13H13ClN2O6S3/c1-23(17,18)10-5-6-12(14)13(8-10)25(21,22)16-9-3-2-4-11(7-9)24(15,19)20/h2-8,16H,1H3,(H2,15,19,20). The summed E-state index contributed by atoms with van der Waals surface area (Å²) in [5.74, 6) is 0. The molecule has 8 nitrogen and oxygen atoms in total. The molecule has 0 saturated carbocycles. The Kier molecular flexibility index (Phi) is 5.17. The number of benzene rings is 2. The summed E-state index contributed by atoms with van der Waals surface area (Å²) in [5.41, 5.74) is -0.0765. The highest BCUT2D eigenvalue weighted by Gasteiger charge is 2.21. The van der Waals surface area contributed by atoms with Crippen LogP contribution in [0.15, 0.2) is 57.2 Å². The van der Waals surface area contributed by atoms with Crippen molar-refractivity contribution in [3.63, 3.8) is 0 Å². The van der Waals surface area contributed by atoms with Crippen LogP contribution in [-0.2, 0) is 29.9 Å². The molecular weight excluding hydrogens is 412 g/mol. The van der Waals surface area contributed by atoms with Crippen molar-refractivity contribution < 1.29 is 25.3 Å². The van der Waals surface area contributed by atoms with Crippen molar-refractivity contribution in [2.75, 3.05) is 11.0 Å². The quantitative estimate of drug-likeness (QED) is 0.738. The van der Waals surface area contributed by atoms with E-state index in [4.69, 9.17) is 16.7 Å². The third-order valence-corrected chi connectivity index (χ3v) is 6.92. The highest BCUT2D eigenvalue weighted by molar-refractivity contribution is 7.93. The Bertz CT molecular complexity index is 1140. The summed E-state index contributed by atoms with van der Waals surface area (Å²) >= 11 is 5.87. The summed E-state index contributed by atoms with van der Waals surface area (Å²) in [6.07, 6.45) is 0.926. The van der Waals surface area contributed by atoms with E-state index in [1.165, 1.54) is 24.3 Å². The number of rotatable bonds is 5. The lowest BCUT2D eigenvalue weighted by atomic mass is 10.3. The van der Waals surface area contributed by atoms with Gasteiger partial charge in [-0.2, -0.15) is 0 Å². The minimum atomic E-state index is -4.27. The number of primary sulfonamides is 1. The average Bonchev–Trinajstić information content (AvgIpc) is 2.45. The second-order valence-electron chi connectivity index (χ2n) is 5.04. The summed E-state index contributed by atoms with van der Waals surface area (Å²) in [6.45, 7) is 0. The molecule has 136 valence electrons. The van der Waals surface area contributed by atoms with Crippen LogP contribution in [0.4, 0.5) is 5.69 Å². The highest BCUT2D eigenvalue weighted by atomic mass is 35.5. The van der Waals surface area contributed by atoms with Gasteiger partial charge in [0.05, 0.1) is 20.5 Å². The van der Waals surface area contributed by atoms with Crippen LogP contribution < -0.4 is 9.86 Å². The first kappa shape index (κ1) is 19.7. The fourth-order valence-corrected chi connectivity index (χ4v) is 4.72. The van der Waals surface area contributed by atoms with Gasteiger partial charge in [-0.25, -0.2) is 30.4 Å². The third-order valence-electron chi connectivity index (χ3n) is 3.04. The molecule has 0 amide bonds. The number of hydrogen-bond donors (Lipinski definition) is 2. The van der Waals surface area contributed by atoms with Crippen LogP contribution in [0.3, 0.4) is 0 Å². The molecule has 0 aliphatic heterocycles. The van der Waals surface area contributed by atoms with Crippen LogP contribution in [0, 0.1) is 0 Å². The van der Waals surface area contributed by atoms with Crippen LogP contribution in [0.1, 0.15) is 0 Å². The van der Waals surface area contributed by atoms with E-state index in [1.54, 1.807) is 0 Å². The maximum absolute atomic E-state index is 12.5. The van der Waals surface area contributed by atoms with Gasteiger partial charge in [0, 0.05) is 6.26 Å². The van der Waals surface area contributed by atoms with Gasteiger partial charge in [-0.1, -0.05) is 17.7 Å². The van der Waals surface area contributed by atoms with Gasteiger partial charge in [-0.15, -0.1) is 0 Å². The second kappa shape index (κ2) is 6.57. The van der Waals surface area contributed by atoms with Crippen LogP contribution >= 0.6 is 11.6 Å². The van der Waals surface area contributed by atoms with Gasteiger partial charge in [-0.3, -0.25) is 4.72 Å². The average molecular weight is 425 g/mol. The van der Waals surface area contributed by atoms with Gasteiger partial charge in [0.25, 0.3) is 10.0 Å². The van der Waals surface area contributed by atoms with Gasteiger partial charge < -0.3 is 0 Å². The SMILES string of the molecule is CS(=O)(=O)c1ccc(Cl)c(S(=O)(=O)Nc2cccc(S(N)(=O)=O)c2)c1. The van der Waals surface area contributed by atoms with E-state index >= 15 is 0 Å². The fourth-order valence-electron chi connectivity index (χ4n) is 1.87. The minimum Gasteiger partial charge on any atom is -0.280 e. The molecule has 0 spiro atoms. The monoisotopic (exact) mass is 424 g/mol. The number of sulfonamides is 2. The Morgan fingerprint density at radius 1 is 0.920 bits per heavy atom. The molecule has 0 fully saturated rings. The number of hydrogen-bond acceptors (Lipinski definition) is 6. The van der Waals surface area contributed by atoms with Crippen LogP contribution in [-0.4, -0.2) is 31.5 Å². The highest BCUT2D eigenvalue weighted by Crippen LogP contribution is 2.27. The molecule has 3 N–H and O–H groups in total. The van der Waals surface area contributed by atoms with Crippen molar-refractivity contribution in [2.24, 2.45) is 5.14 Å². The molecule has 2 aromatic rings. The molecule has 2 rings (SSSR count). The maximum atomic E-state index is 12.5. The normalized spacial score (nSPS) is 12.8. The fraction of sp³-hybridized carbons (Fsp3) is 0.0769. The minimum absolute atomic E-state index is 0.0765. The molecule has 0 aliphatic rings. The first-order valence-electron chi connectivity index (χ1n) is 6.46. The van der Waals surface area contributed by atoms with E-state index in [9.17, 15) is 25.3 Å². The van der Waals surface area contributed by atoms with Gasteiger partial charge in [0.1, 0.15) is 4.90 Å². The number of nitrogens with one attached hydrogen (secondary N) is 1. The largest absolute Gasteiger partial charge is 0.280 e. The molecule has 25 heavy (non-hydrogen) atoms. The van der Waals surface area contributed by atoms with Gasteiger partial charge in [0.15, 0.2) is 9.84 Å². The Hall–Kier alpha value is -1.66. The molecule has 0 aromatic heterocycles. The number of anilines is 1. The topological polar surface area (TPSA) is 140 Å². The molecule has 0 saturated heterocycles.